The summed E-state index contributed by atoms with van der Waals surface area (Å²) in [6.45, 7) is 0. The third kappa shape index (κ3) is 1.21. The number of hydrogen-bond donors (Lipinski definition) is 1. The van der Waals surface area contributed by atoms with E-state index in [1.807, 2.05) is 0 Å². The number of nitrogens with zero attached hydrogens (tertiary/aromatic N) is 1. The molecule has 0 aliphatic carbocycles. The summed E-state index contributed by atoms with van der Waals surface area (Å²) >= 11 is 6.92. The van der Waals surface area contributed by atoms with Crippen molar-refractivity contribution < 1.29 is 10.0 Å². The normalized spacial score (nSPS) is 10.6. The topological polar surface area (TPSA) is 63.4 Å². The lowest BCUT2D eigenvalue weighted by molar-refractivity contribution is -0.382. The van der Waals surface area contributed by atoms with E-state index in [9.17, 15) is 15.2 Å². The van der Waals surface area contributed by atoms with Crippen LogP contribution in [0, 0.1) is 10.1 Å². The number of nitro groups is 1. The Balaban J connectivity index is 2.90. The van der Waals surface area contributed by atoms with E-state index in [0.717, 1.165) is 11.3 Å². The minimum absolute atomic E-state index is 0.0162. The number of phenols is 1. The smallest absolute Gasteiger partial charge is 0.289 e. The van der Waals surface area contributed by atoms with Gasteiger partial charge in [0.1, 0.15) is 5.75 Å². The number of fused-ring (bicyclic) bond motifs is 1. The van der Waals surface area contributed by atoms with Gasteiger partial charge in [0.15, 0.2) is 0 Å². The Labute approximate surface area is 87.5 Å². The minimum atomic E-state index is -0.510. The average Bonchev–Trinajstić information content (AvgIpc) is 2.56. The molecule has 1 N–H and O–H groups in total. The fourth-order valence-corrected chi connectivity index (χ4v) is 2.48. The van der Waals surface area contributed by atoms with Crippen LogP contribution in [0.15, 0.2) is 17.5 Å². The molecule has 14 heavy (non-hydrogen) atoms. The van der Waals surface area contributed by atoms with Gasteiger partial charge in [-0.05, 0) is 12.1 Å². The molecule has 0 saturated heterocycles. The van der Waals surface area contributed by atoms with Crippen LogP contribution >= 0.6 is 22.9 Å². The maximum Gasteiger partial charge on any atom is 0.289 e. The molecule has 0 fully saturated rings. The largest absolute Gasteiger partial charge is 0.506 e. The lowest BCUT2D eigenvalue weighted by Crippen LogP contribution is -1.85. The van der Waals surface area contributed by atoms with Crippen molar-refractivity contribution in [3.63, 3.8) is 0 Å². The SMILES string of the molecule is O=[N+]([O-])c1csc2c(O)ccc(Cl)c12. The molecule has 4 nitrogen and oxygen atoms in total. The molecule has 0 saturated carbocycles. The molecule has 6 heteroatoms. The fourth-order valence-electron chi connectivity index (χ4n) is 1.21. The van der Waals surface area contributed by atoms with E-state index in [0.29, 0.717) is 10.1 Å². The second-order valence-corrected chi connectivity index (χ2v) is 3.94. The van der Waals surface area contributed by atoms with Crippen LogP contribution in [0.2, 0.25) is 5.02 Å². The van der Waals surface area contributed by atoms with Crippen molar-refractivity contribution in [2.24, 2.45) is 0 Å². The van der Waals surface area contributed by atoms with Gasteiger partial charge in [0.05, 0.1) is 25.4 Å². The summed E-state index contributed by atoms with van der Waals surface area (Å²) in [5.74, 6) is 0.0162. The number of aromatic hydroxyl groups is 1. The highest BCUT2D eigenvalue weighted by molar-refractivity contribution is 7.18. The Kier molecular flexibility index (Phi) is 2.05. The third-order valence-corrected chi connectivity index (χ3v) is 3.13. The first-order chi connectivity index (χ1) is 6.61. The van der Waals surface area contributed by atoms with Crippen molar-refractivity contribution in [3.05, 3.63) is 32.6 Å². The molecule has 1 aromatic heterocycles. The van der Waals surface area contributed by atoms with E-state index in [-0.39, 0.29) is 16.5 Å². The van der Waals surface area contributed by atoms with Crippen LogP contribution in [-0.2, 0) is 0 Å². The fraction of sp³-hybridized carbons (Fsp3) is 0. The predicted octanol–water partition coefficient (Wildman–Crippen LogP) is 3.17. The Morgan fingerprint density at radius 1 is 1.50 bits per heavy atom. The van der Waals surface area contributed by atoms with Gasteiger partial charge >= 0.3 is 0 Å². The Morgan fingerprint density at radius 2 is 2.21 bits per heavy atom. The van der Waals surface area contributed by atoms with Gasteiger partial charge in [-0.3, -0.25) is 10.1 Å². The highest BCUT2D eigenvalue weighted by atomic mass is 35.5. The molecule has 0 bridgehead atoms. The lowest BCUT2D eigenvalue weighted by Gasteiger charge is -1.96. The van der Waals surface area contributed by atoms with E-state index < -0.39 is 4.92 Å². The van der Waals surface area contributed by atoms with E-state index in [2.05, 4.69) is 0 Å². The molecule has 72 valence electrons. The Morgan fingerprint density at radius 3 is 2.86 bits per heavy atom. The van der Waals surface area contributed by atoms with Crippen molar-refractivity contribution in [1.82, 2.24) is 0 Å². The molecule has 2 rings (SSSR count). The van der Waals surface area contributed by atoms with Crippen molar-refractivity contribution >= 4 is 38.7 Å². The molecule has 2 aromatic rings. The summed E-state index contributed by atoms with van der Waals surface area (Å²) in [5.41, 5.74) is -0.0640. The van der Waals surface area contributed by atoms with E-state index in [4.69, 9.17) is 11.6 Å². The average molecular weight is 230 g/mol. The van der Waals surface area contributed by atoms with Gasteiger partial charge in [-0.1, -0.05) is 11.6 Å². The summed E-state index contributed by atoms with van der Waals surface area (Å²) in [7, 11) is 0. The van der Waals surface area contributed by atoms with Crippen molar-refractivity contribution in [2.75, 3.05) is 0 Å². The molecular formula is C8H4ClNO3S. The number of phenolic OH excluding ortho intramolecular Hbond substituents is 1. The van der Waals surface area contributed by atoms with Crippen LogP contribution in [0.1, 0.15) is 0 Å². The molecule has 1 aromatic carbocycles. The molecule has 0 spiro atoms. The third-order valence-electron chi connectivity index (χ3n) is 1.83. The van der Waals surface area contributed by atoms with E-state index in [1.165, 1.54) is 17.5 Å². The Bertz CT molecular complexity index is 523. The highest BCUT2D eigenvalue weighted by Gasteiger charge is 2.19. The minimum Gasteiger partial charge on any atom is -0.506 e. The van der Waals surface area contributed by atoms with Gasteiger partial charge in [0.2, 0.25) is 0 Å². The van der Waals surface area contributed by atoms with Crippen LogP contribution in [0.3, 0.4) is 0 Å². The summed E-state index contributed by atoms with van der Waals surface area (Å²) in [6.07, 6.45) is 0. The zero-order valence-electron chi connectivity index (χ0n) is 6.73. The van der Waals surface area contributed by atoms with Crippen molar-refractivity contribution in [3.8, 4) is 5.75 Å². The summed E-state index contributed by atoms with van der Waals surface area (Å²) in [4.78, 5) is 10.1. The summed E-state index contributed by atoms with van der Waals surface area (Å²) < 4.78 is 0.448. The van der Waals surface area contributed by atoms with Gasteiger partial charge < -0.3 is 5.11 Å². The van der Waals surface area contributed by atoms with Crippen LogP contribution < -0.4 is 0 Å². The number of hydrogen-bond acceptors (Lipinski definition) is 4. The molecule has 0 aliphatic rings. The first-order valence-electron chi connectivity index (χ1n) is 3.64. The maximum atomic E-state index is 10.6. The van der Waals surface area contributed by atoms with Crippen molar-refractivity contribution in [1.29, 1.82) is 0 Å². The number of thiophene rings is 1. The quantitative estimate of drug-likeness (QED) is 0.603. The predicted molar refractivity (Wildman–Crippen MR) is 55.2 cm³/mol. The standard InChI is InChI=1S/C8H4ClNO3S/c9-4-1-2-6(11)8-7(4)5(3-14-8)10(12)13/h1-3,11H. The van der Waals surface area contributed by atoms with Crippen LogP contribution in [0.4, 0.5) is 5.69 Å². The zero-order valence-corrected chi connectivity index (χ0v) is 8.30. The lowest BCUT2D eigenvalue weighted by atomic mass is 10.2. The summed E-state index contributed by atoms with van der Waals surface area (Å²) in [5, 5.41) is 22.0. The first kappa shape index (κ1) is 9.23. The maximum absolute atomic E-state index is 10.6. The molecule has 0 unspecified atom stereocenters. The number of benzene rings is 1. The van der Waals surface area contributed by atoms with E-state index >= 15 is 0 Å². The van der Waals surface area contributed by atoms with E-state index in [1.54, 1.807) is 0 Å². The highest BCUT2D eigenvalue weighted by Crippen LogP contribution is 2.41. The first-order valence-corrected chi connectivity index (χ1v) is 4.90. The molecule has 1 heterocycles. The van der Waals surface area contributed by atoms with Gasteiger partial charge in [0, 0.05) is 0 Å². The van der Waals surface area contributed by atoms with Gasteiger partial charge in [-0.2, -0.15) is 0 Å². The monoisotopic (exact) mass is 229 g/mol. The number of rotatable bonds is 1. The molecule has 0 atom stereocenters. The van der Waals surface area contributed by atoms with Gasteiger partial charge in [-0.25, -0.2) is 0 Å². The van der Waals surface area contributed by atoms with Crippen LogP contribution in [0.5, 0.6) is 5.75 Å². The van der Waals surface area contributed by atoms with Crippen LogP contribution in [0.25, 0.3) is 10.1 Å². The van der Waals surface area contributed by atoms with Gasteiger partial charge in [-0.15, -0.1) is 11.3 Å². The number of halogens is 1. The summed E-state index contributed by atoms with van der Waals surface area (Å²) in [6, 6.07) is 2.86. The van der Waals surface area contributed by atoms with Crippen LogP contribution in [-0.4, -0.2) is 10.0 Å². The van der Waals surface area contributed by atoms with Crippen molar-refractivity contribution in [2.45, 2.75) is 0 Å². The molecule has 0 aliphatic heterocycles. The molecule has 0 radical (unpaired) electrons. The second-order valence-electron chi connectivity index (χ2n) is 2.65. The second kappa shape index (κ2) is 3.11. The zero-order chi connectivity index (χ0) is 10.3. The van der Waals surface area contributed by atoms with Gasteiger partial charge in [0.25, 0.3) is 5.69 Å². The molecule has 0 amide bonds. The Hall–Kier alpha value is -1.33. The molecular weight excluding hydrogens is 226 g/mol.